The average molecular weight is 635 g/mol. The zero-order valence-electron chi connectivity index (χ0n) is 25.6. The third-order valence-electron chi connectivity index (χ3n) is 8.99. The first-order valence-corrected chi connectivity index (χ1v) is 16.5. The van der Waals surface area contributed by atoms with E-state index in [1.807, 2.05) is 0 Å². The van der Waals surface area contributed by atoms with Gasteiger partial charge < -0.3 is 24.2 Å². The van der Waals surface area contributed by atoms with Gasteiger partial charge in [-0.3, -0.25) is 18.6 Å². The van der Waals surface area contributed by atoms with Gasteiger partial charge in [-0.05, 0) is 76.9 Å². The van der Waals surface area contributed by atoms with Crippen LogP contribution in [0.4, 0.5) is 0 Å². The molecular formula is C32H35N4O8P. The van der Waals surface area contributed by atoms with Crippen LogP contribution >= 0.6 is 7.82 Å². The van der Waals surface area contributed by atoms with Gasteiger partial charge >= 0.3 is 7.82 Å². The Bertz CT molecular complexity index is 1580. The number of amides is 2. The molecular weight excluding hydrogens is 599 g/mol. The lowest BCUT2D eigenvalue weighted by Gasteiger charge is -2.49. The average Bonchev–Trinajstić information content (AvgIpc) is 3.60. The Labute approximate surface area is 261 Å². The van der Waals surface area contributed by atoms with E-state index in [1.54, 1.807) is 73.9 Å². The van der Waals surface area contributed by atoms with Crippen LogP contribution in [0.25, 0.3) is 0 Å². The molecule has 4 heterocycles. The van der Waals surface area contributed by atoms with Gasteiger partial charge in [0.2, 0.25) is 11.8 Å². The van der Waals surface area contributed by atoms with E-state index in [0.717, 1.165) is 0 Å². The Morgan fingerprint density at radius 3 is 1.53 bits per heavy atom. The molecule has 0 radical (unpaired) electrons. The molecule has 2 fully saturated rings. The number of likely N-dealkylation sites (tertiary alicyclic amines) is 2. The van der Waals surface area contributed by atoms with Crippen molar-refractivity contribution in [2.75, 3.05) is 13.1 Å². The van der Waals surface area contributed by atoms with Crippen molar-refractivity contribution < 1.29 is 37.6 Å². The van der Waals surface area contributed by atoms with E-state index in [4.69, 9.17) is 18.5 Å². The zero-order chi connectivity index (χ0) is 32.3. The molecule has 0 spiro atoms. The number of phosphoric acid groups is 1. The molecule has 0 saturated carbocycles. The number of hydrogen-bond acceptors (Lipinski definition) is 9. The largest absolute Gasteiger partial charge is 0.485 e. The number of nitriles is 2. The van der Waals surface area contributed by atoms with Crippen LogP contribution < -0.4 is 9.47 Å². The Morgan fingerprint density at radius 1 is 0.800 bits per heavy atom. The summed E-state index contributed by atoms with van der Waals surface area (Å²) >= 11 is 0. The number of phosphoric ester groups is 1. The lowest BCUT2D eigenvalue weighted by molar-refractivity contribution is -0.144. The molecule has 1 N–H and O–H groups in total. The molecule has 2 aromatic rings. The van der Waals surface area contributed by atoms with Crippen LogP contribution in [0.2, 0.25) is 0 Å². The highest BCUT2D eigenvalue weighted by Gasteiger charge is 2.56. The molecule has 0 aliphatic carbocycles. The maximum absolute atomic E-state index is 14.2. The minimum absolute atomic E-state index is 0.146. The van der Waals surface area contributed by atoms with Gasteiger partial charge in [0, 0.05) is 37.1 Å². The summed E-state index contributed by atoms with van der Waals surface area (Å²) in [7, 11) is -5.01. The van der Waals surface area contributed by atoms with E-state index in [2.05, 4.69) is 12.1 Å². The van der Waals surface area contributed by atoms with Crippen molar-refractivity contribution in [2.45, 2.75) is 88.9 Å². The molecule has 13 heteroatoms. The molecule has 4 aliphatic heterocycles. The lowest BCUT2D eigenvalue weighted by atomic mass is 9.85. The summed E-state index contributed by atoms with van der Waals surface area (Å²) in [4.78, 5) is 40.9. The third kappa shape index (κ3) is 5.57. The minimum Gasteiger partial charge on any atom is -0.485 e. The monoisotopic (exact) mass is 634 g/mol. The second-order valence-corrected chi connectivity index (χ2v) is 14.3. The van der Waals surface area contributed by atoms with Crippen LogP contribution in [-0.4, -0.2) is 63.0 Å². The highest BCUT2D eigenvalue weighted by Crippen LogP contribution is 2.58. The second kappa shape index (κ2) is 11.1. The van der Waals surface area contributed by atoms with Crippen LogP contribution in [0.1, 0.15) is 87.7 Å². The number of rotatable bonds is 6. The normalized spacial score (nSPS) is 27.8. The zero-order valence-corrected chi connectivity index (χ0v) is 26.5. The fraction of sp³-hybridized carbons (Fsp3) is 0.500. The summed E-state index contributed by atoms with van der Waals surface area (Å²) in [6.45, 7) is 7.59. The van der Waals surface area contributed by atoms with E-state index >= 15 is 0 Å². The van der Waals surface area contributed by atoms with Gasteiger partial charge in [-0.2, -0.15) is 10.5 Å². The van der Waals surface area contributed by atoms with Crippen molar-refractivity contribution in [3.63, 3.8) is 0 Å². The van der Waals surface area contributed by atoms with Crippen LogP contribution in [-0.2, 0) is 23.2 Å². The quantitative estimate of drug-likeness (QED) is 0.442. The van der Waals surface area contributed by atoms with Gasteiger partial charge in [-0.15, -0.1) is 0 Å². The number of fused-ring (bicyclic) bond motifs is 2. The number of carbonyl (C=O) groups excluding carboxylic acids is 2. The third-order valence-corrected chi connectivity index (χ3v) is 9.98. The molecule has 2 aromatic carbocycles. The van der Waals surface area contributed by atoms with Crippen LogP contribution in [0.5, 0.6) is 11.5 Å². The summed E-state index contributed by atoms with van der Waals surface area (Å²) in [5, 5.41) is 19.2. The molecule has 4 atom stereocenters. The predicted molar refractivity (Wildman–Crippen MR) is 159 cm³/mol. The van der Waals surface area contributed by atoms with Crippen molar-refractivity contribution >= 4 is 19.6 Å². The summed E-state index contributed by atoms with van der Waals surface area (Å²) in [5.74, 6) is 0.591. The topological polar surface area (TPSA) is 162 Å². The van der Waals surface area contributed by atoms with Gasteiger partial charge in [0.1, 0.15) is 34.9 Å². The first kappa shape index (κ1) is 31.1. The highest BCUT2D eigenvalue weighted by atomic mass is 31.2. The molecule has 4 unspecified atom stereocenters. The molecule has 2 saturated heterocycles. The standard InChI is InChI=1S/C32H35N4O8P/c1-31(2)29(27(35-13-5-7-25(35)37)21-15-19(17-33)9-11-23(21)41-31)43-45(39,40)44-30-28(36-14-6-8-26(36)38)22-16-20(18-34)10-12-24(22)42-32(30,3)4/h9-12,15-16,27-30H,5-8,13-14H2,1-4H3,(H,39,40). The van der Waals surface area contributed by atoms with Gasteiger partial charge in [0.05, 0.1) is 35.3 Å². The molecule has 6 rings (SSSR count). The first-order valence-electron chi connectivity index (χ1n) is 15.0. The smallest absolute Gasteiger partial charge is 0.473 e. The number of carbonyl (C=O) groups is 2. The second-order valence-electron chi connectivity index (χ2n) is 12.9. The molecule has 12 nitrogen and oxygen atoms in total. The summed E-state index contributed by atoms with van der Waals surface area (Å²) in [5.41, 5.74) is -0.765. The molecule has 45 heavy (non-hydrogen) atoms. The fourth-order valence-electron chi connectivity index (χ4n) is 6.92. The predicted octanol–water partition coefficient (Wildman–Crippen LogP) is 4.67. The Balaban J connectivity index is 1.40. The van der Waals surface area contributed by atoms with E-state index in [0.29, 0.717) is 72.5 Å². The number of hydrogen-bond donors (Lipinski definition) is 1. The number of benzene rings is 2. The Kier molecular flexibility index (Phi) is 7.70. The lowest BCUT2D eigenvalue weighted by Crippen LogP contribution is -2.56. The number of ether oxygens (including phenoxy) is 2. The maximum Gasteiger partial charge on any atom is 0.473 e. The van der Waals surface area contributed by atoms with Gasteiger partial charge in [0.15, 0.2) is 0 Å². The van der Waals surface area contributed by atoms with E-state index < -0.39 is 43.3 Å². The summed E-state index contributed by atoms with van der Waals surface area (Å²) in [6.07, 6.45) is -0.536. The van der Waals surface area contributed by atoms with Crippen molar-refractivity contribution in [1.82, 2.24) is 9.80 Å². The summed E-state index contributed by atoms with van der Waals surface area (Å²) in [6, 6.07) is 12.3. The SMILES string of the molecule is CC1(C)Oc2ccc(C#N)cc2C(N2CCCC2=O)C1OP(=O)(O)OC1C(N2CCCC2=O)c2cc(C#N)ccc2OC1(C)C. The van der Waals surface area contributed by atoms with Crippen LogP contribution in [0.3, 0.4) is 0 Å². The minimum atomic E-state index is -5.01. The van der Waals surface area contributed by atoms with Crippen molar-refractivity contribution in [3.8, 4) is 23.6 Å². The molecule has 0 aromatic heterocycles. The Hall–Kier alpha value is -3.93. The van der Waals surface area contributed by atoms with Crippen LogP contribution in [0, 0.1) is 22.7 Å². The van der Waals surface area contributed by atoms with Crippen molar-refractivity contribution in [1.29, 1.82) is 10.5 Å². The van der Waals surface area contributed by atoms with Crippen molar-refractivity contribution in [3.05, 3.63) is 58.7 Å². The van der Waals surface area contributed by atoms with Gasteiger partial charge in [-0.25, -0.2) is 4.57 Å². The van der Waals surface area contributed by atoms with Gasteiger partial charge in [0.25, 0.3) is 0 Å². The van der Waals surface area contributed by atoms with Crippen LogP contribution in [0.15, 0.2) is 36.4 Å². The van der Waals surface area contributed by atoms with Gasteiger partial charge in [-0.1, -0.05) is 0 Å². The molecule has 236 valence electrons. The highest BCUT2D eigenvalue weighted by molar-refractivity contribution is 7.47. The van der Waals surface area contributed by atoms with E-state index in [-0.39, 0.29) is 11.8 Å². The fourth-order valence-corrected chi connectivity index (χ4v) is 8.29. The maximum atomic E-state index is 14.2. The number of nitrogens with zero attached hydrogens (tertiary/aromatic N) is 4. The van der Waals surface area contributed by atoms with E-state index in [9.17, 15) is 29.6 Å². The molecule has 2 amide bonds. The Morgan fingerprint density at radius 2 is 1.20 bits per heavy atom. The van der Waals surface area contributed by atoms with E-state index in [1.165, 1.54) is 0 Å². The molecule has 0 bridgehead atoms. The first-order chi connectivity index (χ1) is 21.2. The molecule has 4 aliphatic rings. The summed E-state index contributed by atoms with van der Waals surface area (Å²) < 4.78 is 38.8. The van der Waals surface area contributed by atoms with Crippen molar-refractivity contribution in [2.24, 2.45) is 0 Å².